The number of hydrogen-bond acceptors (Lipinski definition) is 6. The standard InChI is InChI=1S/C24H34N6OS/c1-31-16-8-12-25-24(32)28-23-26-21(29-13-6-2-3-7-14-29)17-22(27-23)30-15-11-19-9-4-5-10-20(19)18-30/h4-5,9-10,17H,2-3,6-8,11-16,18H2,1H3,(H2,25,26,27,28,32). The zero-order valence-corrected chi connectivity index (χ0v) is 19.8. The van der Waals surface area contributed by atoms with Crippen LogP contribution in [0.5, 0.6) is 0 Å². The normalized spacial score (nSPS) is 16.3. The lowest BCUT2D eigenvalue weighted by atomic mass is 10.00. The van der Waals surface area contributed by atoms with E-state index in [1.807, 2.05) is 0 Å². The Labute approximate surface area is 196 Å². The second-order valence-electron chi connectivity index (χ2n) is 8.48. The number of thiocarbonyl (C=S) groups is 1. The van der Waals surface area contributed by atoms with Crippen LogP contribution >= 0.6 is 12.2 Å². The molecule has 1 saturated heterocycles. The number of nitrogens with one attached hydrogen (secondary N) is 2. The number of fused-ring (bicyclic) bond motifs is 1. The van der Waals surface area contributed by atoms with E-state index < -0.39 is 0 Å². The van der Waals surface area contributed by atoms with Crippen LogP contribution in [0.1, 0.15) is 43.2 Å². The van der Waals surface area contributed by atoms with Crippen LogP contribution in [0.15, 0.2) is 30.3 Å². The summed E-state index contributed by atoms with van der Waals surface area (Å²) in [6.07, 6.45) is 6.92. The lowest BCUT2D eigenvalue weighted by Gasteiger charge is -2.31. The molecule has 2 aromatic rings. The number of rotatable bonds is 7. The van der Waals surface area contributed by atoms with Crippen molar-refractivity contribution in [2.24, 2.45) is 0 Å². The summed E-state index contributed by atoms with van der Waals surface area (Å²) in [5, 5.41) is 6.98. The van der Waals surface area contributed by atoms with Crippen molar-refractivity contribution in [3.8, 4) is 0 Å². The third-order valence-corrected chi connectivity index (χ3v) is 6.37. The van der Waals surface area contributed by atoms with Gasteiger partial charge in [0.25, 0.3) is 0 Å². The number of anilines is 3. The quantitative estimate of drug-likeness (QED) is 0.485. The van der Waals surface area contributed by atoms with E-state index in [0.717, 1.165) is 57.2 Å². The maximum atomic E-state index is 5.49. The first-order valence-electron chi connectivity index (χ1n) is 11.7. The zero-order valence-electron chi connectivity index (χ0n) is 19.0. The SMILES string of the molecule is COCCCNC(=S)Nc1nc(N2CCCCCC2)cc(N2CCc3ccccc3C2)n1. The highest BCUT2D eigenvalue weighted by Crippen LogP contribution is 2.28. The summed E-state index contributed by atoms with van der Waals surface area (Å²) in [6.45, 7) is 5.35. The molecule has 2 aliphatic rings. The molecule has 0 atom stereocenters. The van der Waals surface area contributed by atoms with E-state index in [9.17, 15) is 0 Å². The summed E-state index contributed by atoms with van der Waals surface area (Å²) >= 11 is 5.49. The van der Waals surface area contributed by atoms with Crippen LogP contribution in [-0.2, 0) is 17.7 Å². The van der Waals surface area contributed by atoms with Crippen molar-refractivity contribution in [1.29, 1.82) is 0 Å². The van der Waals surface area contributed by atoms with Gasteiger partial charge in [-0.25, -0.2) is 0 Å². The van der Waals surface area contributed by atoms with Gasteiger partial charge in [-0.05, 0) is 49.0 Å². The topological polar surface area (TPSA) is 65.6 Å². The third kappa shape index (κ3) is 6.07. The molecule has 8 heteroatoms. The van der Waals surface area contributed by atoms with Gasteiger partial charge in [0.15, 0.2) is 5.11 Å². The molecule has 0 radical (unpaired) electrons. The lowest BCUT2D eigenvalue weighted by Crippen LogP contribution is -2.34. The first kappa shape index (κ1) is 22.7. The van der Waals surface area contributed by atoms with Crippen LogP contribution in [0.4, 0.5) is 17.6 Å². The van der Waals surface area contributed by atoms with E-state index in [0.29, 0.717) is 17.7 Å². The number of hydrogen-bond donors (Lipinski definition) is 2. The average Bonchev–Trinajstić information content (AvgIpc) is 3.11. The van der Waals surface area contributed by atoms with Crippen molar-refractivity contribution in [2.45, 2.75) is 45.1 Å². The zero-order chi connectivity index (χ0) is 22.2. The molecule has 7 nitrogen and oxygen atoms in total. The first-order valence-corrected chi connectivity index (χ1v) is 12.1. The Morgan fingerprint density at radius 3 is 2.47 bits per heavy atom. The summed E-state index contributed by atoms with van der Waals surface area (Å²) in [5.74, 6) is 2.50. The van der Waals surface area contributed by atoms with Crippen LogP contribution in [0, 0.1) is 0 Å². The van der Waals surface area contributed by atoms with Crippen LogP contribution in [0.3, 0.4) is 0 Å². The highest BCUT2D eigenvalue weighted by molar-refractivity contribution is 7.80. The molecule has 0 saturated carbocycles. The molecule has 32 heavy (non-hydrogen) atoms. The van der Waals surface area contributed by atoms with Crippen LogP contribution < -0.4 is 20.4 Å². The molecular weight excluding hydrogens is 420 g/mol. The number of ether oxygens (including phenoxy) is 1. The summed E-state index contributed by atoms with van der Waals surface area (Å²) < 4.78 is 5.10. The van der Waals surface area contributed by atoms with Crippen molar-refractivity contribution in [1.82, 2.24) is 15.3 Å². The van der Waals surface area contributed by atoms with E-state index in [-0.39, 0.29) is 0 Å². The summed E-state index contributed by atoms with van der Waals surface area (Å²) in [7, 11) is 1.71. The maximum Gasteiger partial charge on any atom is 0.232 e. The minimum atomic E-state index is 0.545. The molecule has 2 aliphatic heterocycles. The van der Waals surface area contributed by atoms with Crippen molar-refractivity contribution in [3.63, 3.8) is 0 Å². The fourth-order valence-corrected chi connectivity index (χ4v) is 4.55. The van der Waals surface area contributed by atoms with Crippen LogP contribution in [0.2, 0.25) is 0 Å². The molecule has 172 valence electrons. The molecule has 4 rings (SSSR count). The fourth-order valence-electron chi connectivity index (χ4n) is 4.36. The largest absolute Gasteiger partial charge is 0.385 e. The monoisotopic (exact) mass is 454 g/mol. The van der Waals surface area contributed by atoms with Gasteiger partial charge in [-0.2, -0.15) is 9.97 Å². The van der Waals surface area contributed by atoms with Gasteiger partial charge in [0.2, 0.25) is 5.95 Å². The van der Waals surface area contributed by atoms with Crippen molar-refractivity contribution < 1.29 is 4.74 Å². The van der Waals surface area contributed by atoms with Gasteiger partial charge < -0.3 is 25.2 Å². The summed E-state index contributed by atoms with van der Waals surface area (Å²) in [5.41, 5.74) is 2.81. The second kappa shape index (κ2) is 11.4. The van der Waals surface area contributed by atoms with Gasteiger partial charge in [-0.15, -0.1) is 0 Å². The number of nitrogens with zero attached hydrogens (tertiary/aromatic N) is 4. The fraction of sp³-hybridized carbons (Fsp3) is 0.542. The minimum Gasteiger partial charge on any atom is -0.385 e. The van der Waals surface area contributed by atoms with Crippen molar-refractivity contribution >= 4 is 34.9 Å². The second-order valence-corrected chi connectivity index (χ2v) is 8.88. The average molecular weight is 455 g/mol. The van der Waals surface area contributed by atoms with Gasteiger partial charge in [0.05, 0.1) is 0 Å². The Morgan fingerprint density at radius 2 is 1.72 bits per heavy atom. The first-order chi connectivity index (χ1) is 15.7. The highest BCUT2D eigenvalue weighted by atomic mass is 32.1. The smallest absolute Gasteiger partial charge is 0.232 e. The van der Waals surface area contributed by atoms with E-state index in [4.69, 9.17) is 26.9 Å². The van der Waals surface area contributed by atoms with E-state index in [1.54, 1.807) is 7.11 Å². The van der Waals surface area contributed by atoms with E-state index in [1.165, 1.54) is 36.8 Å². The molecule has 0 aliphatic carbocycles. The molecular formula is C24H34N6OS. The van der Waals surface area contributed by atoms with Crippen molar-refractivity contribution in [3.05, 3.63) is 41.5 Å². The highest BCUT2D eigenvalue weighted by Gasteiger charge is 2.21. The predicted octanol–water partition coefficient (Wildman–Crippen LogP) is 3.74. The van der Waals surface area contributed by atoms with E-state index >= 15 is 0 Å². The van der Waals surface area contributed by atoms with Gasteiger partial charge in [0.1, 0.15) is 11.6 Å². The molecule has 0 amide bonds. The predicted molar refractivity (Wildman–Crippen MR) is 135 cm³/mol. The van der Waals surface area contributed by atoms with Gasteiger partial charge >= 0.3 is 0 Å². The van der Waals surface area contributed by atoms with E-state index in [2.05, 4.69) is 50.8 Å². The summed E-state index contributed by atoms with van der Waals surface area (Å²) in [6, 6.07) is 10.8. The third-order valence-electron chi connectivity index (χ3n) is 6.12. The van der Waals surface area contributed by atoms with Gasteiger partial charge in [-0.3, -0.25) is 0 Å². The molecule has 3 heterocycles. The Morgan fingerprint density at radius 1 is 1.00 bits per heavy atom. The van der Waals surface area contributed by atoms with Gasteiger partial charge in [-0.1, -0.05) is 37.1 Å². The Kier molecular flexibility index (Phi) is 8.12. The Hall–Kier alpha value is -2.45. The van der Waals surface area contributed by atoms with Crippen LogP contribution in [-0.4, -0.2) is 55.0 Å². The van der Waals surface area contributed by atoms with Crippen LogP contribution in [0.25, 0.3) is 0 Å². The molecule has 1 aromatic carbocycles. The molecule has 1 fully saturated rings. The Bertz CT molecular complexity index is 900. The molecule has 2 N–H and O–H groups in total. The summed E-state index contributed by atoms with van der Waals surface area (Å²) in [4.78, 5) is 14.5. The van der Waals surface area contributed by atoms with Gasteiger partial charge in [0, 0.05) is 52.5 Å². The van der Waals surface area contributed by atoms with Crippen molar-refractivity contribution in [2.75, 3.05) is 55.0 Å². The molecule has 0 unspecified atom stereocenters. The number of methoxy groups -OCH3 is 1. The molecule has 1 aromatic heterocycles. The molecule has 0 bridgehead atoms. The number of benzene rings is 1. The number of aromatic nitrogens is 2. The lowest BCUT2D eigenvalue weighted by molar-refractivity contribution is 0.196. The Balaban J connectivity index is 1.54. The maximum absolute atomic E-state index is 5.49. The minimum absolute atomic E-state index is 0.545. The molecule has 0 spiro atoms.